The Hall–Kier alpha value is -1.23. The SMILES string of the molecule is CC1CCC(N)C(c2cccc(OC(F)(F)F)c2)C1. The van der Waals surface area contributed by atoms with Gasteiger partial charge in [-0.2, -0.15) is 0 Å². The third-order valence-electron chi connectivity index (χ3n) is 3.69. The molecule has 1 saturated carbocycles. The van der Waals surface area contributed by atoms with E-state index in [2.05, 4.69) is 11.7 Å². The topological polar surface area (TPSA) is 35.2 Å². The van der Waals surface area contributed by atoms with Crippen molar-refractivity contribution < 1.29 is 17.9 Å². The highest BCUT2D eigenvalue weighted by Crippen LogP contribution is 2.36. The first-order valence-corrected chi connectivity index (χ1v) is 6.46. The van der Waals surface area contributed by atoms with E-state index in [0.717, 1.165) is 24.8 Å². The number of ether oxygens (including phenoxy) is 1. The summed E-state index contributed by atoms with van der Waals surface area (Å²) in [6.45, 7) is 2.15. The molecular formula is C14H18F3NO. The highest BCUT2D eigenvalue weighted by molar-refractivity contribution is 5.32. The molecule has 1 fully saturated rings. The van der Waals surface area contributed by atoms with Crippen LogP contribution in [0, 0.1) is 5.92 Å². The van der Waals surface area contributed by atoms with Gasteiger partial charge >= 0.3 is 6.36 Å². The van der Waals surface area contributed by atoms with Crippen molar-refractivity contribution in [1.82, 2.24) is 0 Å². The van der Waals surface area contributed by atoms with Gasteiger partial charge in [0.15, 0.2) is 0 Å². The molecule has 5 heteroatoms. The number of hydrogen-bond acceptors (Lipinski definition) is 2. The lowest BCUT2D eigenvalue weighted by Crippen LogP contribution is -2.34. The van der Waals surface area contributed by atoms with Crippen molar-refractivity contribution >= 4 is 0 Å². The standard InChI is InChI=1S/C14H18F3NO/c1-9-5-6-13(18)12(7-9)10-3-2-4-11(8-10)19-14(15,16)17/h2-4,8-9,12-13H,5-7,18H2,1H3. The molecule has 19 heavy (non-hydrogen) atoms. The number of rotatable bonds is 2. The van der Waals surface area contributed by atoms with Gasteiger partial charge in [-0.05, 0) is 48.8 Å². The average molecular weight is 273 g/mol. The van der Waals surface area contributed by atoms with Crippen molar-refractivity contribution in [3.63, 3.8) is 0 Å². The van der Waals surface area contributed by atoms with Gasteiger partial charge in [-0.15, -0.1) is 13.2 Å². The summed E-state index contributed by atoms with van der Waals surface area (Å²) in [7, 11) is 0. The Labute approximate surface area is 110 Å². The Morgan fingerprint density at radius 2 is 2.00 bits per heavy atom. The maximum absolute atomic E-state index is 12.2. The molecule has 0 amide bonds. The molecule has 0 spiro atoms. The summed E-state index contributed by atoms with van der Waals surface area (Å²) in [6.07, 6.45) is -1.75. The quantitative estimate of drug-likeness (QED) is 0.889. The summed E-state index contributed by atoms with van der Waals surface area (Å²) in [6, 6.07) is 6.19. The molecule has 1 aromatic carbocycles. The molecule has 0 saturated heterocycles. The van der Waals surface area contributed by atoms with E-state index >= 15 is 0 Å². The largest absolute Gasteiger partial charge is 0.573 e. The number of alkyl halides is 3. The normalized spacial score (nSPS) is 28.2. The fourth-order valence-electron chi connectivity index (χ4n) is 2.73. The molecule has 2 rings (SSSR count). The smallest absolute Gasteiger partial charge is 0.406 e. The second-order valence-electron chi connectivity index (χ2n) is 5.31. The average Bonchev–Trinajstić information content (AvgIpc) is 2.30. The molecule has 0 heterocycles. The van der Waals surface area contributed by atoms with Crippen LogP contribution >= 0.6 is 0 Å². The van der Waals surface area contributed by atoms with E-state index < -0.39 is 6.36 Å². The zero-order valence-corrected chi connectivity index (χ0v) is 10.8. The molecule has 3 atom stereocenters. The zero-order chi connectivity index (χ0) is 14.0. The van der Waals surface area contributed by atoms with Gasteiger partial charge in [-0.1, -0.05) is 19.1 Å². The lowest BCUT2D eigenvalue weighted by atomic mass is 9.76. The minimum absolute atomic E-state index is 0.0114. The molecule has 2 N–H and O–H groups in total. The van der Waals surface area contributed by atoms with Gasteiger partial charge in [-0.25, -0.2) is 0 Å². The maximum Gasteiger partial charge on any atom is 0.573 e. The van der Waals surface area contributed by atoms with E-state index in [-0.39, 0.29) is 17.7 Å². The van der Waals surface area contributed by atoms with E-state index in [1.807, 2.05) is 6.07 Å². The van der Waals surface area contributed by atoms with E-state index in [4.69, 9.17) is 5.73 Å². The molecule has 3 unspecified atom stereocenters. The fraction of sp³-hybridized carbons (Fsp3) is 0.571. The van der Waals surface area contributed by atoms with Crippen LogP contribution in [0.25, 0.3) is 0 Å². The first kappa shape index (κ1) is 14.2. The molecule has 1 aromatic rings. The van der Waals surface area contributed by atoms with Crippen molar-refractivity contribution in [3.8, 4) is 5.75 Å². The van der Waals surface area contributed by atoms with Gasteiger partial charge in [0.1, 0.15) is 5.75 Å². The van der Waals surface area contributed by atoms with Crippen LogP contribution in [0.4, 0.5) is 13.2 Å². The molecule has 0 bridgehead atoms. The van der Waals surface area contributed by atoms with Crippen LogP contribution in [0.5, 0.6) is 5.75 Å². The van der Waals surface area contributed by atoms with Gasteiger partial charge in [-0.3, -0.25) is 0 Å². The zero-order valence-electron chi connectivity index (χ0n) is 10.8. The van der Waals surface area contributed by atoms with Crippen molar-refractivity contribution in [2.24, 2.45) is 11.7 Å². The third kappa shape index (κ3) is 3.86. The van der Waals surface area contributed by atoms with Gasteiger partial charge in [0.05, 0.1) is 0 Å². The van der Waals surface area contributed by atoms with Crippen LogP contribution in [0.15, 0.2) is 24.3 Å². The second kappa shape index (κ2) is 5.41. The number of nitrogens with two attached hydrogens (primary N) is 1. The predicted octanol–water partition coefficient (Wildman–Crippen LogP) is 3.82. The molecule has 0 radical (unpaired) electrons. The van der Waals surface area contributed by atoms with Crippen LogP contribution in [-0.4, -0.2) is 12.4 Å². The van der Waals surface area contributed by atoms with Gasteiger partial charge < -0.3 is 10.5 Å². The summed E-state index contributed by atoms with van der Waals surface area (Å²) in [5.41, 5.74) is 6.92. The molecular weight excluding hydrogens is 255 g/mol. The molecule has 2 nitrogen and oxygen atoms in total. The lowest BCUT2D eigenvalue weighted by Gasteiger charge is -2.33. The van der Waals surface area contributed by atoms with Crippen molar-refractivity contribution in [2.45, 2.75) is 44.5 Å². The van der Waals surface area contributed by atoms with Crippen molar-refractivity contribution in [2.75, 3.05) is 0 Å². The van der Waals surface area contributed by atoms with Crippen LogP contribution in [0.2, 0.25) is 0 Å². The number of halogens is 3. The van der Waals surface area contributed by atoms with Crippen molar-refractivity contribution in [1.29, 1.82) is 0 Å². The molecule has 106 valence electrons. The Balaban J connectivity index is 2.18. The van der Waals surface area contributed by atoms with Gasteiger partial charge in [0.2, 0.25) is 0 Å². The Morgan fingerprint density at radius 1 is 1.26 bits per heavy atom. The highest BCUT2D eigenvalue weighted by Gasteiger charge is 2.32. The first-order valence-electron chi connectivity index (χ1n) is 6.46. The van der Waals surface area contributed by atoms with Gasteiger partial charge in [0, 0.05) is 6.04 Å². The molecule has 0 aliphatic heterocycles. The van der Waals surface area contributed by atoms with E-state index in [1.54, 1.807) is 6.07 Å². The van der Waals surface area contributed by atoms with E-state index in [9.17, 15) is 13.2 Å². The summed E-state index contributed by atoms with van der Waals surface area (Å²) in [5.74, 6) is 0.493. The first-order chi connectivity index (χ1) is 8.85. The lowest BCUT2D eigenvalue weighted by molar-refractivity contribution is -0.274. The Kier molecular flexibility index (Phi) is 4.04. The number of hydrogen-bond donors (Lipinski definition) is 1. The van der Waals surface area contributed by atoms with Crippen LogP contribution < -0.4 is 10.5 Å². The summed E-state index contributed by atoms with van der Waals surface area (Å²) in [5, 5.41) is 0. The molecule has 1 aliphatic carbocycles. The highest BCUT2D eigenvalue weighted by atomic mass is 19.4. The van der Waals surface area contributed by atoms with E-state index in [1.165, 1.54) is 12.1 Å². The Morgan fingerprint density at radius 3 is 2.68 bits per heavy atom. The van der Waals surface area contributed by atoms with Crippen LogP contribution in [0.1, 0.15) is 37.7 Å². The predicted molar refractivity (Wildman–Crippen MR) is 66.9 cm³/mol. The third-order valence-corrected chi connectivity index (χ3v) is 3.69. The summed E-state index contributed by atoms with van der Waals surface area (Å²) < 4.78 is 40.6. The Bertz CT molecular complexity index is 433. The maximum atomic E-state index is 12.2. The summed E-state index contributed by atoms with van der Waals surface area (Å²) >= 11 is 0. The minimum atomic E-state index is -4.65. The van der Waals surface area contributed by atoms with Crippen molar-refractivity contribution in [3.05, 3.63) is 29.8 Å². The number of benzene rings is 1. The van der Waals surface area contributed by atoms with Crippen LogP contribution in [-0.2, 0) is 0 Å². The van der Waals surface area contributed by atoms with Gasteiger partial charge in [0.25, 0.3) is 0 Å². The monoisotopic (exact) mass is 273 g/mol. The summed E-state index contributed by atoms with van der Waals surface area (Å²) in [4.78, 5) is 0. The van der Waals surface area contributed by atoms with Crippen LogP contribution in [0.3, 0.4) is 0 Å². The minimum Gasteiger partial charge on any atom is -0.406 e. The second-order valence-corrected chi connectivity index (χ2v) is 5.31. The van der Waals surface area contributed by atoms with E-state index in [0.29, 0.717) is 5.92 Å². The molecule has 1 aliphatic rings. The molecule has 0 aromatic heterocycles. The fourth-order valence-corrected chi connectivity index (χ4v) is 2.73.